The van der Waals surface area contributed by atoms with Crippen molar-refractivity contribution in [1.29, 1.82) is 0 Å². The van der Waals surface area contributed by atoms with Crippen LogP contribution in [-0.4, -0.2) is 25.1 Å². The number of hydrogen-bond acceptors (Lipinski definition) is 3. The van der Waals surface area contributed by atoms with Crippen molar-refractivity contribution in [3.05, 3.63) is 77.4 Å². The smallest absolute Gasteiger partial charge is 0.249 e. The number of rotatable bonds is 8. The Kier molecular flexibility index (Phi) is 6.07. The van der Waals surface area contributed by atoms with E-state index >= 15 is 0 Å². The molecule has 0 aliphatic heterocycles. The molecule has 166 valence electrons. The van der Waals surface area contributed by atoms with Gasteiger partial charge >= 0.3 is 0 Å². The van der Waals surface area contributed by atoms with Gasteiger partial charge in [0.25, 0.3) is 0 Å². The molecule has 0 fully saturated rings. The molecule has 3 aromatic carbocycles. The topological polar surface area (TPSA) is 82.2 Å². The molecule has 4 aromatic rings. The monoisotopic (exact) mass is 448 g/mol. The largest absolute Gasteiger partial charge is 0.366 e. The molecule has 0 aliphatic carbocycles. The molecule has 4 rings (SSSR count). The van der Waals surface area contributed by atoms with Gasteiger partial charge in [-0.05, 0) is 48.2 Å². The lowest BCUT2D eigenvalue weighted by Crippen LogP contribution is -2.11. The average molecular weight is 449 g/mol. The van der Waals surface area contributed by atoms with Crippen LogP contribution in [0.25, 0.3) is 21.8 Å². The van der Waals surface area contributed by atoms with Crippen LogP contribution in [0.1, 0.15) is 47.7 Å². The van der Waals surface area contributed by atoms with E-state index < -0.39 is 15.7 Å². The van der Waals surface area contributed by atoms with Gasteiger partial charge in [-0.1, -0.05) is 56.2 Å². The minimum Gasteiger partial charge on any atom is -0.366 e. The maximum absolute atomic E-state index is 12.4. The van der Waals surface area contributed by atoms with Crippen LogP contribution in [0.5, 0.6) is 0 Å². The first-order valence-corrected chi connectivity index (χ1v) is 12.8. The Labute approximate surface area is 188 Å². The molecule has 0 unspecified atom stereocenters. The summed E-state index contributed by atoms with van der Waals surface area (Å²) in [6.07, 6.45) is 5.66. The van der Waals surface area contributed by atoms with Crippen LogP contribution in [0.3, 0.4) is 0 Å². The molecule has 0 atom stereocenters. The van der Waals surface area contributed by atoms with Crippen LogP contribution in [-0.2, 0) is 22.8 Å². The highest BCUT2D eigenvalue weighted by Gasteiger charge is 2.19. The number of benzene rings is 3. The Morgan fingerprint density at radius 2 is 1.75 bits per heavy atom. The van der Waals surface area contributed by atoms with Crippen molar-refractivity contribution in [2.45, 2.75) is 44.0 Å². The van der Waals surface area contributed by atoms with Gasteiger partial charge in [-0.2, -0.15) is 0 Å². The number of carbonyl (C=O) groups excluding carboxylic acids is 1. The Bertz CT molecular complexity index is 1420. The molecule has 32 heavy (non-hydrogen) atoms. The van der Waals surface area contributed by atoms with E-state index in [1.54, 1.807) is 18.2 Å². The minimum atomic E-state index is -3.38. The van der Waals surface area contributed by atoms with Gasteiger partial charge in [-0.15, -0.1) is 0 Å². The van der Waals surface area contributed by atoms with Crippen molar-refractivity contribution in [2.75, 3.05) is 6.26 Å². The Hall–Kier alpha value is -3.12. The van der Waals surface area contributed by atoms with Crippen molar-refractivity contribution in [1.82, 2.24) is 4.57 Å². The molecule has 0 saturated carbocycles. The number of aryl methyl sites for hydroxylation is 1. The third kappa shape index (κ3) is 4.15. The first kappa shape index (κ1) is 22.1. The molecular formula is C26H28N2O3S. The third-order valence-electron chi connectivity index (χ3n) is 5.99. The summed E-state index contributed by atoms with van der Waals surface area (Å²) in [5.74, 6) is -0.474. The molecule has 2 N–H and O–H groups in total. The van der Waals surface area contributed by atoms with Gasteiger partial charge in [0, 0.05) is 34.7 Å². The zero-order valence-corrected chi connectivity index (χ0v) is 19.3. The highest BCUT2D eigenvalue weighted by Crippen LogP contribution is 2.34. The zero-order valence-electron chi connectivity index (χ0n) is 18.5. The fourth-order valence-electron chi connectivity index (χ4n) is 4.47. The lowest BCUT2D eigenvalue weighted by Gasteiger charge is -2.12. The van der Waals surface area contributed by atoms with Gasteiger partial charge in [-0.3, -0.25) is 4.79 Å². The average Bonchev–Trinajstić information content (AvgIpc) is 3.06. The maximum atomic E-state index is 12.4. The quantitative estimate of drug-likeness (QED) is 0.382. The molecular weight excluding hydrogens is 420 g/mol. The molecule has 5 nitrogen and oxygen atoms in total. The van der Waals surface area contributed by atoms with Crippen LogP contribution < -0.4 is 5.73 Å². The summed E-state index contributed by atoms with van der Waals surface area (Å²) in [5, 5.41) is 1.76. The molecule has 6 heteroatoms. The number of amides is 1. The van der Waals surface area contributed by atoms with E-state index in [0.717, 1.165) is 46.6 Å². The Balaban J connectivity index is 1.96. The first-order valence-electron chi connectivity index (χ1n) is 10.9. The predicted octanol–water partition coefficient (Wildman–Crippen LogP) is 5.08. The number of nitrogens with zero attached hydrogens (tertiary/aromatic N) is 1. The first-order chi connectivity index (χ1) is 15.3. The van der Waals surface area contributed by atoms with Crippen molar-refractivity contribution in [3.8, 4) is 0 Å². The van der Waals surface area contributed by atoms with E-state index in [0.29, 0.717) is 17.0 Å². The van der Waals surface area contributed by atoms with Crippen LogP contribution in [0.15, 0.2) is 65.6 Å². The van der Waals surface area contributed by atoms with Gasteiger partial charge in [0.15, 0.2) is 9.84 Å². The number of sulfone groups is 1. The predicted molar refractivity (Wildman–Crippen MR) is 130 cm³/mol. The third-order valence-corrected chi connectivity index (χ3v) is 7.19. The standard InChI is InChI=1S/C26H28N2O3S/c1-3-4-5-9-18-14-15-20-23(16-18)28(22-12-8-11-21(25(20)22)26(27)29)17-19-10-6-7-13-24(19)32(2,30)31/h6-8,10-16H,3-5,9,17H2,1-2H3,(H2,27,29). The Morgan fingerprint density at radius 3 is 2.47 bits per heavy atom. The van der Waals surface area contributed by atoms with Gasteiger partial charge in [-0.25, -0.2) is 8.42 Å². The zero-order chi connectivity index (χ0) is 22.9. The number of carbonyl (C=O) groups is 1. The van der Waals surface area contributed by atoms with Gasteiger partial charge < -0.3 is 10.3 Å². The van der Waals surface area contributed by atoms with E-state index in [2.05, 4.69) is 29.7 Å². The summed E-state index contributed by atoms with van der Waals surface area (Å²) < 4.78 is 26.9. The molecule has 0 aliphatic rings. The molecule has 0 saturated heterocycles. The van der Waals surface area contributed by atoms with E-state index in [-0.39, 0.29) is 0 Å². The molecule has 1 amide bonds. The summed E-state index contributed by atoms with van der Waals surface area (Å²) in [6.45, 7) is 2.57. The van der Waals surface area contributed by atoms with Gasteiger partial charge in [0.1, 0.15) is 0 Å². The minimum absolute atomic E-state index is 0.320. The molecule has 0 bridgehead atoms. The van der Waals surface area contributed by atoms with Crippen LogP contribution in [0.4, 0.5) is 0 Å². The normalized spacial score (nSPS) is 11.9. The molecule has 1 heterocycles. The van der Waals surface area contributed by atoms with Crippen molar-refractivity contribution in [2.24, 2.45) is 5.73 Å². The SMILES string of the molecule is CCCCCc1ccc2c3c(C(N)=O)cccc3n(Cc3ccccc3S(C)(=O)=O)c2c1. The second kappa shape index (κ2) is 8.79. The number of primary amides is 1. The summed E-state index contributed by atoms with van der Waals surface area (Å²) >= 11 is 0. The van der Waals surface area contributed by atoms with Crippen LogP contribution in [0.2, 0.25) is 0 Å². The summed E-state index contributed by atoms with van der Waals surface area (Å²) in [5.41, 5.74) is 9.96. The number of fused-ring (bicyclic) bond motifs is 3. The number of unbranched alkanes of at least 4 members (excludes halogenated alkanes) is 2. The Morgan fingerprint density at radius 1 is 0.969 bits per heavy atom. The highest BCUT2D eigenvalue weighted by atomic mass is 32.2. The fraction of sp³-hybridized carbons (Fsp3) is 0.269. The van der Waals surface area contributed by atoms with Crippen molar-refractivity contribution in [3.63, 3.8) is 0 Å². The second-order valence-electron chi connectivity index (χ2n) is 8.34. The highest BCUT2D eigenvalue weighted by molar-refractivity contribution is 7.90. The summed E-state index contributed by atoms with van der Waals surface area (Å²) in [4.78, 5) is 12.5. The van der Waals surface area contributed by atoms with Crippen LogP contribution >= 0.6 is 0 Å². The van der Waals surface area contributed by atoms with Crippen LogP contribution in [0, 0.1) is 0 Å². The van der Waals surface area contributed by atoms with Crippen molar-refractivity contribution < 1.29 is 13.2 Å². The van der Waals surface area contributed by atoms with E-state index in [4.69, 9.17) is 5.73 Å². The number of hydrogen-bond donors (Lipinski definition) is 1. The molecule has 0 radical (unpaired) electrons. The second-order valence-corrected chi connectivity index (χ2v) is 10.3. The summed E-state index contributed by atoms with van der Waals surface area (Å²) in [7, 11) is -3.38. The van der Waals surface area contributed by atoms with E-state index in [9.17, 15) is 13.2 Å². The van der Waals surface area contributed by atoms with Gasteiger partial charge in [0.05, 0.1) is 10.4 Å². The fourth-order valence-corrected chi connectivity index (χ4v) is 5.40. The molecule has 1 aromatic heterocycles. The number of nitrogens with two attached hydrogens (primary N) is 1. The lowest BCUT2D eigenvalue weighted by molar-refractivity contribution is 0.100. The van der Waals surface area contributed by atoms with Gasteiger partial charge in [0.2, 0.25) is 5.91 Å². The van der Waals surface area contributed by atoms with Crippen molar-refractivity contribution >= 4 is 37.6 Å². The summed E-state index contributed by atoms with van der Waals surface area (Å²) in [6, 6.07) is 18.9. The number of aromatic nitrogens is 1. The lowest BCUT2D eigenvalue weighted by atomic mass is 10.0. The maximum Gasteiger partial charge on any atom is 0.249 e. The van der Waals surface area contributed by atoms with E-state index in [1.165, 1.54) is 18.2 Å². The molecule has 0 spiro atoms. The van der Waals surface area contributed by atoms with E-state index in [1.807, 2.05) is 24.3 Å².